The van der Waals surface area contributed by atoms with Crippen LogP contribution in [-0.2, 0) is 28.5 Å². The highest BCUT2D eigenvalue weighted by Gasteiger charge is 2.39. The summed E-state index contributed by atoms with van der Waals surface area (Å²) < 4.78 is 20.0. The van der Waals surface area contributed by atoms with Crippen molar-refractivity contribution in [2.75, 3.05) is 51.4 Å². The van der Waals surface area contributed by atoms with Crippen LogP contribution in [0.15, 0.2) is 0 Å². The molecule has 0 fully saturated rings. The summed E-state index contributed by atoms with van der Waals surface area (Å²) in [6.07, 6.45) is 0. The van der Waals surface area contributed by atoms with Gasteiger partial charge in [0.15, 0.2) is 5.41 Å². The molecule has 6 nitrogen and oxygen atoms in total. The summed E-state index contributed by atoms with van der Waals surface area (Å²) in [4.78, 5) is 23.6. The van der Waals surface area contributed by atoms with Crippen LogP contribution in [0, 0.1) is 5.41 Å². The Morgan fingerprint density at radius 1 is 0.762 bits per heavy atom. The second kappa shape index (κ2) is 12.0. The van der Waals surface area contributed by atoms with Crippen LogP contribution in [0.25, 0.3) is 0 Å². The SMILES string of the molecule is CC(C)(C(=O)OCCOCCCl)C(=O)OCCOCCCl. The van der Waals surface area contributed by atoms with Gasteiger partial charge in [-0.2, -0.15) is 0 Å². The third-order valence-electron chi connectivity index (χ3n) is 2.39. The molecule has 0 saturated heterocycles. The van der Waals surface area contributed by atoms with Gasteiger partial charge < -0.3 is 18.9 Å². The van der Waals surface area contributed by atoms with E-state index in [0.717, 1.165) is 0 Å². The molecule has 0 aliphatic rings. The third kappa shape index (κ3) is 9.14. The van der Waals surface area contributed by atoms with Crippen molar-refractivity contribution in [2.45, 2.75) is 13.8 Å². The van der Waals surface area contributed by atoms with Crippen molar-refractivity contribution in [1.29, 1.82) is 0 Å². The maximum absolute atomic E-state index is 11.8. The number of alkyl halides is 2. The molecule has 8 heteroatoms. The molecule has 0 aromatic heterocycles. The lowest BCUT2D eigenvalue weighted by Gasteiger charge is -2.20. The first-order chi connectivity index (χ1) is 9.96. The van der Waals surface area contributed by atoms with Gasteiger partial charge >= 0.3 is 11.9 Å². The summed E-state index contributed by atoms with van der Waals surface area (Å²) in [5.74, 6) is -0.581. The smallest absolute Gasteiger partial charge is 0.322 e. The highest BCUT2D eigenvalue weighted by molar-refractivity contribution is 6.18. The van der Waals surface area contributed by atoms with E-state index in [2.05, 4.69) is 0 Å². The lowest BCUT2D eigenvalue weighted by atomic mass is 9.94. The van der Waals surface area contributed by atoms with E-state index in [0.29, 0.717) is 25.0 Å². The molecular weight excluding hydrogens is 323 g/mol. The fourth-order valence-electron chi connectivity index (χ4n) is 1.14. The molecule has 0 aliphatic heterocycles. The summed E-state index contributed by atoms with van der Waals surface area (Å²) in [7, 11) is 0. The molecule has 0 unspecified atom stereocenters. The fourth-order valence-corrected chi connectivity index (χ4v) is 1.36. The van der Waals surface area contributed by atoms with E-state index >= 15 is 0 Å². The highest BCUT2D eigenvalue weighted by Crippen LogP contribution is 2.19. The zero-order chi connectivity index (χ0) is 16.1. The lowest BCUT2D eigenvalue weighted by molar-refractivity contribution is -0.171. The van der Waals surface area contributed by atoms with Crippen molar-refractivity contribution in [2.24, 2.45) is 5.41 Å². The molecule has 0 saturated carbocycles. The van der Waals surface area contributed by atoms with Gasteiger partial charge in [-0.15, -0.1) is 23.2 Å². The number of halogens is 2. The Kier molecular flexibility index (Phi) is 11.7. The average molecular weight is 345 g/mol. The maximum Gasteiger partial charge on any atom is 0.322 e. The zero-order valence-corrected chi connectivity index (χ0v) is 13.9. The molecule has 0 atom stereocenters. The molecule has 0 N–H and O–H groups in total. The van der Waals surface area contributed by atoms with E-state index in [4.69, 9.17) is 42.1 Å². The van der Waals surface area contributed by atoms with Crippen molar-refractivity contribution in [3.63, 3.8) is 0 Å². The number of hydrogen-bond donors (Lipinski definition) is 0. The molecular formula is C13H22Cl2O6. The van der Waals surface area contributed by atoms with Crippen LogP contribution in [-0.4, -0.2) is 63.3 Å². The number of carbonyl (C=O) groups is 2. The molecule has 0 heterocycles. The van der Waals surface area contributed by atoms with Crippen molar-refractivity contribution in [3.05, 3.63) is 0 Å². The predicted molar refractivity (Wildman–Crippen MR) is 78.8 cm³/mol. The Hall–Kier alpha value is -0.560. The van der Waals surface area contributed by atoms with E-state index < -0.39 is 17.4 Å². The van der Waals surface area contributed by atoms with Crippen LogP contribution < -0.4 is 0 Å². The maximum atomic E-state index is 11.8. The Morgan fingerprint density at radius 2 is 1.14 bits per heavy atom. The largest absolute Gasteiger partial charge is 0.462 e. The first kappa shape index (κ1) is 20.4. The van der Waals surface area contributed by atoms with Gasteiger partial charge in [-0.3, -0.25) is 9.59 Å². The molecule has 0 aromatic carbocycles. The van der Waals surface area contributed by atoms with Crippen LogP contribution in [0.1, 0.15) is 13.8 Å². The molecule has 0 spiro atoms. The van der Waals surface area contributed by atoms with E-state index in [1.165, 1.54) is 13.8 Å². The average Bonchev–Trinajstić information content (AvgIpc) is 2.46. The Bertz CT molecular complexity index is 281. The number of esters is 2. The minimum atomic E-state index is -1.38. The van der Waals surface area contributed by atoms with E-state index in [1.54, 1.807) is 0 Å². The summed E-state index contributed by atoms with van der Waals surface area (Å²) >= 11 is 10.9. The molecule has 0 aliphatic carbocycles. The van der Waals surface area contributed by atoms with Crippen LogP contribution in [0.3, 0.4) is 0 Å². The summed E-state index contributed by atoms with van der Waals surface area (Å²) in [6.45, 7) is 4.23. The van der Waals surface area contributed by atoms with Gasteiger partial charge in [0.1, 0.15) is 13.2 Å². The number of rotatable bonds is 12. The monoisotopic (exact) mass is 344 g/mol. The van der Waals surface area contributed by atoms with Crippen LogP contribution in [0.2, 0.25) is 0 Å². The first-order valence-electron chi connectivity index (χ1n) is 6.58. The van der Waals surface area contributed by atoms with Gasteiger partial charge in [0.2, 0.25) is 0 Å². The fraction of sp³-hybridized carbons (Fsp3) is 0.846. The van der Waals surface area contributed by atoms with Crippen molar-refractivity contribution < 1.29 is 28.5 Å². The van der Waals surface area contributed by atoms with Crippen molar-refractivity contribution >= 4 is 35.1 Å². The van der Waals surface area contributed by atoms with Gasteiger partial charge in [0.25, 0.3) is 0 Å². The number of ether oxygens (including phenoxy) is 4. The van der Waals surface area contributed by atoms with Gasteiger partial charge in [0, 0.05) is 11.8 Å². The summed E-state index contributed by atoms with van der Waals surface area (Å²) in [6, 6.07) is 0. The van der Waals surface area contributed by atoms with Crippen LogP contribution in [0.4, 0.5) is 0 Å². The Morgan fingerprint density at radius 3 is 1.48 bits per heavy atom. The van der Waals surface area contributed by atoms with Crippen molar-refractivity contribution in [3.8, 4) is 0 Å². The van der Waals surface area contributed by atoms with Crippen molar-refractivity contribution in [1.82, 2.24) is 0 Å². The Balaban J connectivity index is 3.95. The standard InChI is InChI=1S/C13H22Cl2O6/c1-13(2,11(16)20-9-7-18-5-3-14)12(17)21-10-8-19-6-4-15/h3-10H2,1-2H3. The second-order valence-electron chi connectivity index (χ2n) is 4.50. The highest BCUT2D eigenvalue weighted by atomic mass is 35.5. The lowest BCUT2D eigenvalue weighted by Crippen LogP contribution is -2.37. The third-order valence-corrected chi connectivity index (χ3v) is 2.69. The van der Waals surface area contributed by atoms with Crippen LogP contribution in [0.5, 0.6) is 0 Å². The van der Waals surface area contributed by atoms with Crippen LogP contribution >= 0.6 is 23.2 Å². The quantitative estimate of drug-likeness (QED) is 0.232. The van der Waals surface area contributed by atoms with Gasteiger partial charge in [-0.05, 0) is 13.8 Å². The minimum Gasteiger partial charge on any atom is -0.462 e. The Labute approximate surface area is 135 Å². The minimum absolute atomic E-state index is 0.0608. The molecule has 0 radical (unpaired) electrons. The topological polar surface area (TPSA) is 71.1 Å². The predicted octanol–water partition coefficient (Wildman–Crippen LogP) is 1.61. The van der Waals surface area contributed by atoms with Gasteiger partial charge in [-0.1, -0.05) is 0 Å². The molecule has 124 valence electrons. The molecule has 0 bridgehead atoms. The normalized spacial score (nSPS) is 11.2. The number of carbonyl (C=O) groups excluding carboxylic acids is 2. The summed E-state index contributed by atoms with van der Waals surface area (Å²) in [5, 5.41) is 0. The van der Waals surface area contributed by atoms with Gasteiger partial charge in [0.05, 0.1) is 26.4 Å². The van der Waals surface area contributed by atoms with Gasteiger partial charge in [-0.25, -0.2) is 0 Å². The second-order valence-corrected chi connectivity index (χ2v) is 5.26. The number of hydrogen-bond acceptors (Lipinski definition) is 6. The van der Waals surface area contributed by atoms with E-state index in [1.807, 2.05) is 0 Å². The molecule has 21 heavy (non-hydrogen) atoms. The molecule has 0 aromatic rings. The summed E-state index contributed by atoms with van der Waals surface area (Å²) in [5.41, 5.74) is -1.38. The van der Waals surface area contributed by atoms with E-state index in [9.17, 15) is 9.59 Å². The molecule has 0 amide bonds. The van der Waals surface area contributed by atoms with E-state index in [-0.39, 0.29) is 26.4 Å². The zero-order valence-electron chi connectivity index (χ0n) is 12.4. The molecule has 0 rings (SSSR count). The first-order valence-corrected chi connectivity index (χ1v) is 7.65.